The molecule has 1 aliphatic heterocycles. The summed E-state index contributed by atoms with van der Waals surface area (Å²) in [5, 5.41) is 9.60. The number of nitrogens with zero attached hydrogens (tertiary/aromatic N) is 1. The third-order valence-electron chi connectivity index (χ3n) is 3.65. The second kappa shape index (κ2) is 6.35. The molecule has 0 bridgehead atoms. The van der Waals surface area contributed by atoms with Crippen molar-refractivity contribution < 1.29 is 5.11 Å². The molecule has 0 aliphatic carbocycles. The normalized spacial score (nSPS) is 22.0. The summed E-state index contributed by atoms with van der Waals surface area (Å²) in [6, 6.07) is 4.38. The molecule has 1 saturated heterocycles. The zero-order valence-corrected chi connectivity index (χ0v) is 12.3. The molecule has 3 nitrogen and oxygen atoms in total. The predicted octanol–water partition coefficient (Wildman–Crippen LogP) is 2.64. The van der Waals surface area contributed by atoms with Crippen molar-refractivity contribution in [3.63, 3.8) is 0 Å². The molecule has 2 atom stereocenters. The van der Waals surface area contributed by atoms with Crippen LogP contribution in [0.4, 0.5) is 0 Å². The Morgan fingerprint density at radius 1 is 1.50 bits per heavy atom. The number of hydrogen-bond acceptors (Lipinski definition) is 4. The van der Waals surface area contributed by atoms with Crippen molar-refractivity contribution in [1.82, 2.24) is 4.90 Å². The fourth-order valence-electron chi connectivity index (χ4n) is 2.54. The number of rotatable bonds is 4. The van der Waals surface area contributed by atoms with E-state index in [1.54, 1.807) is 11.3 Å². The van der Waals surface area contributed by atoms with Crippen molar-refractivity contribution in [2.45, 2.75) is 44.4 Å². The summed E-state index contributed by atoms with van der Waals surface area (Å²) in [6.07, 6.45) is 2.48. The summed E-state index contributed by atoms with van der Waals surface area (Å²) in [5.74, 6) is 0. The van der Waals surface area contributed by atoms with Crippen molar-refractivity contribution in [2.75, 3.05) is 13.1 Å². The summed E-state index contributed by atoms with van der Waals surface area (Å²) in [5.41, 5.74) is 6.28. The summed E-state index contributed by atoms with van der Waals surface area (Å²) in [7, 11) is 0. The average Bonchev–Trinajstić information content (AvgIpc) is 2.78. The fourth-order valence-corrected chi connectivity index (χ4v) is 3.81. The zero-order valence-electron chi connectivity index (χ0n) is 10.7. The summed E-state index contributed by atoms with van der Waals surface area (Å²) in [6.45, 7) is 3.94. The maximum atomic E-state index is 9.60. The summed E-state index contributed by atoms with van der Waals surface area (Å²) in [4.78, 5) is 3.63. The molecule has 102 valence electrons. The molecular weight excluding hydrogens is 268 g/mol. The highest BCUT2D eigenvalue weighted by atomic mass is 35.5. The van der Waals surface area contributed by atoms with Crippen LogP contribution in [0.1, 0.15) is 37.1 Å². The fraction of sp³-hybridized carbons (Fsp3) is 0.692. The third-order valence-corrected chi connectivity index (χ3v) is 4.96. The van der Waals surface area contributed by atoms with Gasteiger partial charge in [0.1, 0.15) is 0 Å². The van der Waals surface area contributed by atoms with Crippen molar-refractivity contribution in [3.05, 3.63) is 21.3 Å². The molecule has 2 rings (SSSR count). The molecular formula is C13H21ClN2OS. The Morgan fingerprint density at radius 3 is 2.67 bits per heavy atom. The first-order valence-electron chi connectivity index (χ1n) is 6.54. The molecule has 1 aromatic rings. The Labute approximate surface area is 118 Å². The van der Waals surface area contributed by atoms with E-state index >= 15 is 0 Å². The molecule has 0 amide bonds. The van der Waals surface area contributed by atoms with Crippen LogP contribution < -0.4 is 5.73 Å². The van der Waals surface area contributed by atoms with Crippen molar-refractivity contribution >= 4 is 22.9 Å². The zero-order chi connectivity index (χ0) is 13.1. The number of nitrogens with two attached hydrogens (primary N) is 1. The van der Waals surface area contributed by atoms with Gasteiger partial charge in [-0.25, -0.2) is 0 Å². The van der Waals surface area contributed by atoms with Crippen LogP contribution in [0.15, 0.2) is 12.1 Å². The van der Waals surface area contributed by atoms with Gasteiger partial charge in [-0.2, -0.15) is 0 Å². The minimum Gasteiger partial charge on any atom is -0.393 e. The maximum Gasteiger partial charge on any atom is 0.0931 e. The van der Waals surface area contributed by atoms with Crippen LogP contribution in [0.3, 0.4) is 0 Å². The largest absolute Gasteiger partial charge is 0.393 e. The lowest BCUT2D eigenvalue weighted by Crippen LogP contribution is -2.45. The summed E-state index contributed by atoms with van der Waals surface area (Å²) < 4.78 is 0.815. The molecule has 0 spiro atoms. The number of aliphatic hydroxyl groups is 1. The molecule has 0 radical (unpaired) electrons. The Hall–Kier alpha value is -0.130. The Bertz CT molecular complexity index is 377. The van der Waals surface area contributed by atoms with Gasteiger partial charge in [-0.1, -0.05) is 18.5 Å². The van der Waals surface area contributed by atoms with E-state index in [9.17, 15) is 5.11 Å². The smallest absolute Gasteiger partial charge is 0.0931 e. The Morgan fingerprint density at radius 2 is 2.17 bits per heavy atom. The number of aliphatic hydroxyl groups excluding tert-OH is 1. The van der Waals surface area contributed by atoms with Gasteiger partial charge >= 0.3 is 0 Å². The summed E-state index contributed by atoms with van der Waals surface area (Å²) >= 11 is 7.65. The van der Waals surface area contributed by atoms with E-state index in [1.807, 2.05) is 6.07 Å². The van der Waals surface area contributed by atoms with E-state index in [4.69, 9.17) is 17.3 Å². The van der Waals surface area contributed by atoms with E-state index in [0.717, 1.165) is 36.7 Å². The minimum absolute atomic E-state index is 0.120. The standard InChI is InChI=1S/C13H21ClN2OS/c1-2-10(15)13(11-3-4-12(14)18-11)16-7-5-9(17)6-8-16/h3-4,9-10,13,17H,2,5-8,15H2,1H3. The first kappa shape index (κ1) is 14.3. The molecule has 0 saturated carbocycles. The van der Waals surface area contributed by atoms with Gasteiger partial charge < -0.3 is 10.8 Å². The van der Waals surface area contributed by atoms with Crippen LogP contribution >= 0.6 is 22.9 Å². The van der Waals surface area contributed by atoms with Gasteiger partial charge in [-0.3, -0.25) is 4.90 Å². The molecule has 5 heteroatoms. The lowest BCUT2D eigenvalue weighted by Gasteiger charge is -2.38. The second-order valence-corrected chi connectivity index (χ2v) is 6.67. The van der Waals surface area contributed by atoms with E-state index in [2.05, 4.69) is 17.9 Å². The van der Waals surface area contributed by atoms with Crippen LogP contribution in [0, 0.1) is 0 Å². The SMILES string of the molecule is CCC(N)C(c1ccc(Cl)s1)N1CCC(O)CC1. The molecule has 2 heterocycles. The maximum absolute atomic E-state index is 9.60. The number of hydrogen-bond donors (Lipinski definition) is 2. The van der Waals surface area contributed by atoms with E-state index in [-0.39, 0.29) is 18.2 Å². The van der Waals surface area contributed by atoms with E-state index in [0.29, 0.717) is 0 Å². The van der Waals surface area contributed by atoms with Crippen LogP contribution in [-0.2, 0) is 0 Å². The van der Waals surface area contributed by atoms with Crippen LogP contribution in [0.2, 0.25) is 4.34 Å². The van der Waals surface area contributed by atoms with Crippen molar-refractivity contribution in [1.29, 1.82) is 0 Å². The Balaban J connectivity index is 2.15. The topological polar surface area (TPSA) is 49.5 Å². The van der Waals surface area contributed by atoms with Gasteiger partial charge in [-0.15, -0.1) is 11.3 Å². The molecule has 1 aromatic heterocycles. The molecule has 0 aromatic carbocycles. The lowest BCUT2D eigenvalue weighted by atomic mass is 9.99. The highest BCUT2D eigenvalue weighted by molar-refractivity contribution is 7.16. The van der Waals surface area contributed by atoms with Crippen LogP contribution in [-0.4, -0.2) is 35.2 Å². The molecule has 1 aliphatic rings. The molecule has 3 N–H and O–H groups in total. The van der Waals surface area contributed by atoms with Gasteiger partial charge in [0, 0.05) is 24.0 Å². The van der Waals surface area contributed by atoms with E-state index in [1.165, 1.54) is 4.88 Å². The van der Waals surface area contributed by atoms with Gasteiger partial charge in [-0.05, 0) is 31.4 Å². The van der Waals surface area contributed by atoms with Crippen molar-refractivity contribution in [2.24, 2.45) is 5.73 Å². The average molecular weight is 289 g/mol. The van der Waals surface area contributed by atoms with Crippen molar-refractivity contribution in [3.8, 4) is 0 Å². The van der Waals surface area contributed by atoms with Gasteiger partial charge in [0.15, 0.2) is 0 Å². The number of halogens is 1. The van der Waals surface area contributed by atoms with E-state index < -0.39 is 0 Å². The number of piperidine rings is 1. The Kier molecular flexibility index (Phi) is 5.04. The monoisotopic (exact) mass is 288 g/mol. The van der Waals surface area contributed by atoms with Gasteiger partial charge in [0.25, 0.3) is 0 Å². The van der Waals surface area contributed by atoms with Gasteiger partial charge in [0.2, 0.25) is 0 Å². The highest BCUT2D eigenvalue weighted by Crippen LogP contribution is 2.34. The lowest BCUT2D eigenvalue weighted by molar-refractivity contribution is 0.0539. The first-order chi connectivity index (χ1) is 8.61. The predicted molar refractivity (Wildman–Crippen MR) is 77.2 cm³/mol. The second-order valence-electron chi connectivity index (χ2n) is 4.93. The first-order valence-corrected chi connectivity index (χ1v) is 7.74. The van der Waals surface area contributed by atoms with Gasteiger partial charge in [0.05, 0.1) is 16.5 Å². The number of likely N-dealkylation sites (tertiary alicyclic amines) is 1. The quantitative estimate of drug-likeness (QED) is 0.895. The number of thiophene rings is 1. The molecule has 18 heavy (non-hydrogen) atoms. The third kappa shape index (κ3) is 3.25. The minimum atomic E-state index is -0.147. The van der Waals surface area contributed by atoms with Crippen LogP contribution in [0.5, 0.6) is 0 Å². The highest BCUT2D eigenvalue weighted by Gasteiger charge is 2.29. The van der Waals surface area contributed by atoms with Crippen LogP contribution in [0.25, 0.3) is 0 Å². The molecule has 2 unspecified atom stereocenters. The molecule has 1 fully saturated rings.